The summed E-state index contributed by atoms with van der Waals surface area (Å²) in [4.78, 5) is 50.4. The Balaban J connectivity index is 4.79. The molecule has 0 aliphatic carbocycles. The molecule has 0 fully saturated rings. The molecule has 0 heterocycles. The minimum absolute atomic E-state index is 0.0638. The van der Waals surface area contributed by atoms with Crippen molar-refractivity contribution in [2.24, 2.45) is 22.2 Å². The molecule has 13 nitrogen and oxygen atoms in total. The van der Waals surface area contributed by atoms with E-state index in [0.29, 0.717) is 6.42 Å². The fraction of sp³-hybridized carbons (Fsp3) is 0.643. The van der Waals surface area contributed by atoms with Crippen molar-refractivity contribution in [2.75, 3.05) is 25.4 Å². The summed E-state index contributed by atoms with van der Waals surface area (Å²) in [7, 11) is 0. The monoisotopic (exact) mass is 421 g/mol. The van der Waals surface area contributed by atoms with Gasteiger partial charge in [-0.3, -0.25) is 19.4 Å². The van der Waals surface area contributed by atoms with Gasteiger partial charge in [-0.2, -0.15) is 12.6 Å². The Hall–Kier alpha value is -2.58. The molecule has 3 amide bonds. The minimum Gasteiger partial charge on any atom is -0.480 e. The van der Waals surface area contributed by atoms with Crippen molar-refractivity contribution >= 4 is 42.3 Å². The Kier molecular flexibility index (Phi) is 12.3. The first-order valence-corrected chi connectivity index (χ1v) is 8.88. The first-order valence-electron chi connectivity index (χ1n) is 8.25. The number of carbonyl (C=O) groups excluding carboxylic acids is 3. The van der Waals surface area contributed by atoms with Gasteiger partial charge < -0.3 is 43.4 Å². The lowest BCUT2D eigenvalue weighted by molar-refractivity contribution is -0.142. The molecule has 3 unspecified atom stereocenters. The molecule has 0 aliphatic heterocycles. The van der Waals surface area contributed by atoms with Gasteiger partial charge in [0.15, 0.2) is 5.96 Å². The molecule has 14 heteroatoms. The van der Waals surface area contributed by atoms with E-state index < -0.39 is 55.0 Å². The SMILES string of the molecule is NC(N)=NCCCC(NC(=O)C(N)CS)C(=O)NCC(=O)NC(CO)C(=O)O. The normalized spacial score (nSPS) is 13.5. The second-order valence-electron chi connectivity index (χ2n) is 5.66. The Labute approximate surface area is 166 Å². The third kappa shape index (κ3) is 10.5. The van der Waals surface area contributed by atoms with Crippen LogP contribution in [-0.4, -0.2) is 83.4 Å². The van der Waals surface area contributed by atoms with Crippen LogP contribution in [0, 0.1) is 0 Å². The Morgan fingerprint density at radius 2 is 1.71 bits per heavy atom. The summed E-state index contributed by atoms with van der Waals surface area (Å²) in [5.74, 6) is -3.59. The number of guanidine groups is 1. The predicted molar refractivity (Wildman–Crippen MR) is 103 cm³/mol. The van der Waals surface area contributed by atoms with E-state index >= 15 is 0 Å². The van der Waals surface area contributed by atoms with Crippen molar-refractivity contribution in [1.29, 1.82) is 0 Å². The van der Waals surface area contributed by atoms with Crippen molar-refractivity contribution in [3.05, 3.63) is 0 Å². The van der Waals surface area contributed by atoms with Gasteiger partial charge in [-0.1, -0.05) is 0 Å². The summed E-state index contributed by atoms with van der Waals surface area (Å²) in [6.07, 6.45) is 0.508. The van der Waals surface area contributed by atoms with Crippen molar-refractivity contribution in [1.82, 2.24) is 16.0 Å². The average Bonchev–Trinajstić information content (AvgIpc) is 2.64. The van der Waals surface area contributed by atoms with Crippen LogP contribution in [0.25, 0.3) is 0 Å². The summed E-state index contributed by atoms with van der Waals surface area (Å²) in [6.45, 7) is -1.14. The van der Waals surface area contributed by atoms with Gasteiger partial charge in [0.2, 0.25) is 17.7 Å². The molecule has 160 valence electrons. The van der Waals surface area contributed by atoms with Gasteiger partial charge in [-0.05, 0) is 12.8 Å². The van der Waals surface area contributed by atoms with Crippen LogP contribution in [0.3, 0.4) is 0 Å². The van der Waals surface area contributed by atoms with Crippen molar-refractivity contribution in [3.63, 3.8) is 0 Å². The zero-order valence-electron chi connectivity index (χ0n) is 15.1. The number of carboxylic acids is 1. The van der Waals surface area contributed by atoms with E-state index in [9.17, 15) is 19.2 Å². The van der Waals surface area contributed by atoms with Crippen molar-refractivity contribution < 1.29 is 29.4 Å². The molecule has 0 bridgehead atoms. The molecule has 0 spiro atoms. The van der Waals surface area contributed by atoms with E-state index in [1.807, 2.05) is 5.32 Å². The molecule has 0 saturated carbocycles. The zero-order valence-corrected chi connectivity index (χ0v) is 16.0. The fourth-order valence-electron chi connectivity index (χ4n) is 1.86. The number of nitrogens with zero attached hydrogens (tertiary/aromatic N) is 1. The van der Waals surface area contributed by atoms with Crippen LogP contribution >= 0.6 is 12.6 Å². The van der Waals surface area contributed by atoms with Crippen LogP contribution in [0.2, 0.25) is 0 Å². The minimum atomic E-state index is -1.49. The average molecular weight is 421 g/mol. The van der Waals surface area contributed by atoms with Crippen LogP contribution in [0.4, 0.5) is 0 Å². The van der Waals surface area contributed by atoms with Crippen LogP contribution in [-0.2, 0) is 19.2 Å². The third-order valence-corrected chi connectivity index (χ3v) is 3.74. The number of nitrogens with two attached hydrogens (primary N) is 3. The molecule has 0 aromatic heterocycles. The first-order chi connectivity index (χ1) is 13.1. The maximum atomic E-state index is 12.3. The highest BCUT2D eigenvalue weighted by atomic mass is 32.1. The van der Waals surface area contributed by atoms with Crippen LogP contribution in [0.1, 0.15) is 12.8 Å². The lowest BCUT2D eigenvalue weighted by Crippen LogP contribution is -2.54. The highest BCUT2D eigenvalue weighted by Crippen LogP contribution is 2.00. The van der Waals surface area contributed by atoms with E-state index in [1.54, 1.807) is 0 Å². The zero-order chi connectivity index (χ0) is 21.7. The first kappa shape index (κ1) is 25.4. The number of carbonyl (C=O) groups is 4. The van der Waals surface area contributed by atoms with Crippen LogP contribution < -0.4 is 33.2 Å². The predicted octanol–water partition coefficient (Wildman–Crippen LogP) is -4.54. The molecule has 3 atom stereocenters. The lowest BCUT2D eigenvalue weighted by atomic mass is 10.1. The quantitative estimate of drug-likeness (QED) is 0.0601. The largest absolute Gasteiger partial charge is 0.480 e. The van der Waals surface area contributed by atoms with Gasteiger partial charge in [0.05, 0.1) is 19.2 Å². The van der Waals surface area contributed by atoms with E-state index in [0.717, 1.165) is 0 Å². The van der Waals surface area contributed by atoms with Gasteiger partial charge in [0.25, 0.3) is 0 Å². The Morgan fingerprint density at radius 1 is 1.07 bits per heavy atom. The standard InChI is InChI=1S/C14H27N7O6S/c15-7(6-28)11(24)21-8(2-1-3-18-14(16)17)12(25)19-4-10(23)20-9(5-22)13(26)27/h7-9,22,28H,1-6,15H2,(H,19,25)(H,20,23)(H,21,24)(H,26,27)(H4,16,17,18). The summed E-state index contributed by atoms with van der Waals surface area (Å²) in [5.41, 5.74) is 16.0. The van der Waals surface area contributed by atoms with E-state index in [-0.39, 0.29) is 24.7 Å². The van der Waals surface area contributed by atoms with Crippen LogP contribution in [0.5, 0.6) is 0 Å². The maximum Gasteiger partial charge on any atom is 0.328 e. The highest BCUT2D eigenvalue weighted by Gasteiger charge is 2.24. The molecule has 0 saturated heterocycles. The second-order valence-corrected chi connectivity index (χ2v) is 6.02. The number of aliphatic imine (C=N–C) groups is 1. The summed E-state index contributed by atoms with van der Waals surface area (Å²) < 4.78 is 0. The molecular weight excluding hydrogens is 394 g/mol. The van der Waals surface area contributed by atoms with Gasteiger partial charge in [-0.15, -0.1) is 0 Å². The number of aliphatic carboxylic acids is 1. The number of hydrogen-bond acceptors (Lipinski definition) is 8. The lowest BCUT2D eigenvalue weighted by Gasteiger charge is -2.20. The van der Waals surface area contributed by atoms with Gasteiger partial charge in [-0.25, -0.2) is 4.79 Å². The number of nitrogens with one attached hydrogen (secondary N) is 3. The molecule has 0 radical (unpaired) electrons. The van der Waals surface area contributed by atoms with Crippen molar-refractivity contribution in [2.45, 2.75) is 31.0 Å². The molecule has 28 heavy (non-hydrogen) atoms. The number of amides is 3. The topological polar surface area (TPSA) is 235 Å². The van der Waals surface area contributed by atoms with Gasteiger partial charge >= 0.3 is 5.97 Å². The molecule has 0 aliphatic rings. The Morgan fingerprint density at radius 3 is 2.21 bits per heavy atom. The number of thiol groups is 1. The smallest absolute Gasteiger partial charge is 0.328 e. The molecule has 0 rings (SSSR count). The summed E-state index contributed by atoms with van der Waals surface area (Å²) >= 11 is 3.91. The molecular formula is C14H27N7O6S. The summed E-state index contributed by atoms with van der Waals surface area (Å²) in [5, 5.41) is 24.4. The number of carboxylic acid groups (broad SMARTS) is 1. The molecule has 11 N–H and O–H groups in total. The third-order valence-electron chi connectivity index (χ3n) is 3.35. The van der Waals surface area contributed by atoms with Crippen LogP contribution in [0.15, 0.2) is 4.99 Å². The number of hydrogen-bond donors (Lipinski definition) is 9. The Bertz CT molecular complexity index is 585. The highest BCUT2D eigenvalue weighted by molar-refractivity contribution is 7.80. The van der Waals surface area contributed by atoms with Crippen molar-refractivity contribution in [3.8, 4) is 0 Å². The second kappa shape index (κ2) is 13.6. The van der Waals surface area contributed by atoms with E-state index in [1.165, 1.54) is 0 Å². The molecule has 0 aromatic rings. The van der Waals surface area contributed by atoms with Gasteiger partial charge in [0, 0.05) is 12.3 Å². The number of rotatable bonds is 13. The van der Waals surface area contributed by atoms with E-state index in [4.69, 9.17) is 27.4 Å². The maximum absolute atomic E-state index is 12.3. The number of aliphatic hydroxyl groups excluding tert-OH is 1. The molecule has 0 aromatic carbocycles. The summed E-state index contributed by atoms with van der Waals surface area (Å²) in [6, 6.07) is -3.44. The van der Waals surface area contributed by atoms with Gasteiger partial charge in [0.1, 0.15) is 12.1 Å². The van der Waals surface area contributed by atoms with E-state index in [2.05, 4.69) is 28.3 Å². The number of aliphatic hydroxyl groups is 1. The fourth-order valence-corrected chi connectivity index (χ4v) is 2.02.